The number of esters is 1. The zero-order chi connectivity index (χ0) is 20.9. The lowest BCUT2D eigenvalue weighted by Gasteiger charge is -2.18. The van der Waals surface area contributed by atoms with Crippen LogP contribution in [0.4, 0.5) is 4.39 Å². The zero-order valence-electron chi connectivity index (χ0n) is 15.8. The molecule has 0 aliphatic rings. The number of amides is 1. The quantitative estimate of drug-likeness (QED) is 0.713. The van der Waals surface area contributed by atoms with Crippen LogP contribution in [0.2, 0.25) is 0 Å². The first-order chi connectivity index (χ1) is 13.1. The minimum atomic E-state index is -3.44. The van der Waals surface area contributed by atoms with Gasteiger partial charge in [-0.05, 0) is 55.8 Å². The van der Waals surface area contributed by atoms with E-state index in [0.717, 1.165) is 0 Å². The van der Waals surface area contributed by atoms with E-state index >= 15 is 0 Å². The van der Waals surface area contributed by atoms with Crippen molar-refractivity contribution >= 4 is 21.7 Å². The summed E-state index contributed by atoms with van der Waals surface area (Å²) >= 11 is 0. The monoisotopic (exact) mass is 407 g/mol. The lowest BCUT2D eigenvalue weighted by molar-refractivity contribution is -0.141. The van der Waals surface area contributed by atoms with Crippen molar-refractivity contribution in [1.82, 2.24) is 5.32 Å². The van der Waals surface area contributed by atoms with Crippen molar-refractivity contribution in [2.45, 2.75) is 36.5 Å². The highest BCUT2D eigenvalue weighted by Gasteiger charge is 2.22. The first-order valence-electron chi connectivity index (χ1n) is 8.62. The van der Waals surface area contributed by atoms with Crippen LogP contribution < -0.4 is 5.32 Å². The van der Waals surface area contributed by atoms with Gasteiger partial charge in [0.2, 0.25) is 0 Å². The number of halogens is 1. The van der Waals surface area contributed by atoms with E-state index in [9.17, 15) is 22.4 Å². The Labute approximate surface area is 163 Å². The molecule has 1 unspecified atom stereocenters. The van der Waals surface area contributed by atoms with Crippen LogP contribution in [-0.4, -0.2) is 32.7 Å². The van der Waals surface area contributed by atoms with Crippen LogP contribution in [0.5, 0.6) is 0 Å². The SMILES string of the molecule is COC(=O)CC(NC(=O)c1ccc(S(=O)(=O)C(C)C)cc1)c1ccc(F)cc1. The van der Waals surface area contributed by atoms with Gasteiger partial charge in [-0.25, -0.2) is 12.8 Å². The van der Waals surface area contributed by atoms with E-state index in [1.54, 1.807) is 13.8 Å². The second-order valence-electron chi connectivity index (χ2n) is 6.48. The van der Waals surface area contributed by atoms with E-state index in [1.165, 1.54) is 55.6 Å². The van der Waals surface area contributed by atoms with E-state index in [4.69, 9.17) is 0 Å². The number of ether oxygens (including phenoxy) is 1. The van der Waals surface area contributed by atoms with E-state index < -0.39 is 38.8 Å². The Morgan fingerprint density at radius 3 is 2.11 bits per heavy atom. The molecule has 28 heavy (non-hydrogen) atoms. The summed E-state index contributed by atoms with van der Waals surface area (Å²) in [7, 11) is -2.20. The number of hydrogen-bond acceptors (Lipinski definition) is 5. The summed E-state index contributed by atoms with van der Waals surface area (Å²) in [6, 6.07) is 10.3. The largest absolute Gasteiger partial charge is 0.469 e. The Balaban J connectivity index is 2.23. The number of hydrogen-bond donors (Lipinski definition) is 1. The molecule has 0 heterocycles. The molecule has 2 rings (SSSR count). The molecule has 0 aliphatic heterocycles. The van der Waals surface area contributed by atoms with Crippen molar-refractivity contribution in [3.63, 3.8) is 0 Å². The van der Waals surface area contributed by atoms with Crippen molar-refractivity contribution in [1.29, 1.82) is 0 Å². The molecule has 1 amide bonds. The molecule has 0 saturated carbocycles. The van der Waals surface area contributed by atoms with Gasteiger partial charge in [-0.15, -0.1) is 0 Å². The fourth-order valence-electron chi connectivity index (χ4n) is 2.51. The third kappa shape index (κ3) is 5.16. The molecule has 0 aromatic heterocycles. The Kier molecular flexibility index (Phi) is 6.90. The molecule has 150 valence electrons. The average Bonchev–Trinajstić information content (AvgIpc) is 2.67. The maximum atomic E-state index is 13.2. The summed E-state index contributed by atoms with van der Waals surface area (Å²) < 4.78 is 42.2. The number of carbonyl (C=O) groups is 2. The van der Waals surface area contributed by atoms with Gasteiger partial charge in [0.25, 0.3) is 5.91 Å². The number of sulfone groups is 1. The standard InChI is InChI=1S/C20H22FNO5S/c1-13(2)28(25,26)17-10-6-15(7-11-17)20(24)22-18(12-19(23)27-3)14-4-8-16(21)9-5-14/h4-11,13,18H,12H2,1-3H3,(H,22,24). The highest BCUT2D eigenvalue weighted by molar-refractivity contribution is 7.92. The summed E-state index contributed by atoms with van der Waals surface area (Å²) in [5.41, 5.74) is 0.777. The maximum Gasteiger partial charge on any atom is 0.307 e. The number of rotatable bonds is 7. The van der Waals surface area contributed by atoms with Crippen molar-refractivity contribution in [3.05, 3.63) is 65.5 Å². The van der Waals surface area contributed by atoms with Crippen LogP contribution in [-0.2, 0) is 19.4 Å². The molecular weight excluding hydrogens is 385 g/mol. The third-order valence-corrected chi connectivity index (χ3v) is 6.41. The Morgan fingerprint density at radius 1 is 1.04 bits per heavy atom. The predicted molar refractivity (Wildman–Crippen MR) is 102 cm³/mol. The normalized spacial score (nSPS) is 12.5. The first-order valence-corrected chi connectivity index (χ1v) is 10.2. The van der Waals surface area contributed by atoms with Crippen molar-refractivity contribution in [3.8, 4) is 0 Å². The van der Waals surface area contributed by atoms with Gasteiger partial charge in [0.15, 0.2) is 9.84 Å². The second-order valence-corrected chi connectivity index (χ2v) is 8.98. The van der Waals surface area contributed by atoms with Gasteiger partial charge in [-0.1, -0.05) is 12.1 Å². The van der Waals surface area contributed by atoms with E-state index in [-0.39, 0.29) is 16.9 Å². The lowest BCUT2D eigenvalue weighted by Crippen LogP contribution is -2.30. The van der Waals surface area contributed by atoms with Crippen LogP contribution in [0.3, 0.4) is 0 Å². The molecule has 1 atom stereocenters. The van der Waals surface area contributed by atoms with E-state index in [0.29, 0.717) is 5.56 Å². The minimum Gasteiger partial charge on any atom is -0.469 e. The number of carbonyl (C=O) groups excluding carboxylic acids is 2. The molecule has 0 fully saturated rings. The summed E-state index contributed by atoms with van der Waals surface area (Å²) in [6.45, 7) is 3.16. The maximum absolute atomic E-state index is 13.2. The van der Waals surface area contributed by atoms with E-state index in [1.807, 2.05) is 0 Å². The first kappa shape index (κ1) is 21.6. The lowest BCUT2D eigenvalue weighted by atomic mass is 10.0. The molecule has 0 bridgehead atoms. The van der Waals surface area contributed by atoms with Crippen LogP contribution in [0.1, 0.15) is 42.2 Å². The molecule has 0 radical (unpaired) electrons. The fourth-order valence-corrected chi connectivity index (χ4v) is 3.57. The Bertz CT molecular complexity index is 938. The fraction of sp³-hybridized carbons (Fsp3) is 0.300. The van der Waals surface area contributed by atoms with Gasteiger partial charge >= 0.3 is 5.97 Å². The molecular formula is C20H22FNO5S. The van der Waals surface area contributed by atoms with Gasteiger partial charge < -0.3 is 10.1 Å². The summed E-state index contributed by atoms with van der Waals surface area (Å²) in [4.78, 5) is 24.4. The van der Waals surface area contributed by atoms with Gasteiger partial charge in [0, 0.05) is 5.56 Å². The number of nitrogens with one attached hydrogen (secondary N) is 1. The van der Waals surface area contributed by atoms with Crippen LogP contribution in [0, 0.1) is 5.82 Å². The Morgan fingerprint density at radius 2 is 1.61 bits per heavy atom. The summed E-state index contributed by atoms with van der Waals surface area (Å²) in [6.07, 6.45) is -0.131. The van der Waals surface area contributed by atoms with E-state index in [2.05, 4.69) is 10.1 Å². The Hall–Kier alpha value is -2.74. The minimum absolute atomic E-state index is 0.128. The zero-order valence-corrected chi connectivity index (χ0v) is 16.6. The van der Waals surface area contributed by atoms with Crippen LogP contribution in [0.25, 0.3) is 0 Å². The van der Waals surface area contributed by atoms with Gasteiger partial charge in [-0.2, -0.15) is 0 Å². The van der Waals surface area contributed by atoms with Crippen molar-refractivity contribution in [2.75, 3.05) is 7.11 Å². The molecule has 2 aromatic rings. The molecule has 2 aromatic carbocycles. The molecule has 0 aliphatic carbocycles. The van der Waals surface area contributed by atoms with Crippen molar-refractivity contribution < 1.29 is 27.1 Å². The summed E-state index contributed by atoms with van der Waals surface area (Å²) in [5.74, 6) is -1.46. The van der Waals surface area contributed by atoms with Gasteiger partial charge in [-0.3, -0.25) is 9.59 Å². The topological polar surface area (TPSA) is 89.5 Å². The summed E-state index contributed by atoms with van der Waals surface area (Å²) in [5, 5.41) is 2.13. The van der Waals surface area contributed by atoms with Gasteiger partial charge in [0.05, 0.1) is 29.7 Å². The molecule has 0 spiro atoms. The van der Waals surface area contributed by atoms with Crippen LogP contribution in [0.15, 0.2) is 53.4 Å². The average molecular weight is 407 g/mol. The molecule has 0 saturated heterocycles. The highest BCUT2D eigenvalue weighted by atomic mass is 32.2. The second kappa shape index (κ2) is 8.97. The highest BCUT2D eigenvalue weighted by Crippen LogP contribution is 2.20. The number of methoxy groups -OCH3 is 1. The number of benzene rings is 2. The van der Waals surface area contributed by atoms with Crippen molar-refractivity contribution in [2.24, 2.45) is 0 Å². The third-order valence-electron chi connectivity index (χ3n) is 4.24. The van der Waals surface area contributed by atoms with Crippen LogP contribution >= 0.6 is 0 Å². The predicted octanol–water partition coefficient (Wildman–Crippen LogP) is 3.04. The van der Waals surface area contributed by atoms with Gasteiger partial charge in [0.1, 0.15) is 5.82 Å². The molecule has 1 N–H and O–H groups in total. The molecule has 8 heteroatoms. The smallest absolute Gasteiger partial charge is 0.307 e. The molecule has 6 nitrogen and oxygen atoms in total.